The highest BCUT2D eigenvalue weighted by Crippen LogP contribution is 2.10. The van der Waals surface area contributed by atoms with E-state index in [-0.39, 0.29) is 19.1 Å². The lowest BCUT2D eigenvalue weighted by Crippen LogP contribution is -2.34. The Morgan fingerprint density at radius 1 is 1.14 bits per heavy atom. The maximum absolute atomic E-state index is 12.2. The average molecular weight is 298 g/mol. The van der Waals surface area contributed by atoms with Gasteiger partial charge in [-0.3, -0.25) is 9.69 Å². The third-order valence-corrected chi connectivity index (χ3v) is 3.33. The Morgan fingerprint density at radius 2 is 1.91 bits per heavy atom. The van der Waals surface area contributed by atoms with Crippen molar-refractivity contribution in [2.75, 3.05) is 25.0 Å². The van der Waals surface area contributed by atoms with Crippen LogP contribution >= 0.6 is 0 Å². The molecule has 22 heavy (non-hydrogen) atoms. The molecule has 0 aromatic heterocycles. The third-order valence-electron chi connectivity index (χ3n) is 3.33. The van der Waals surface area contributed by atoms with Crippen molar-refractivity contribution in [3.05, 3.63) is 65.7 Å². The van der Waals surface area contributed by atoms with Gasteiger partial charge in [0.25, 0.3) is 0 Å². The number of hydrogen-bond acceptors (Lipinski definition) is 3. The van der Waals surface area contributed by atoms with Gasteiger partial charge in [-0.05, 0) is 30.2 Å². The molecule has 0 unspecified atom stereocenters. The Hall–Kier alpha value is -2.17. The van der Waals surface area contributed by atoms with Crippen LogP contribution in [0, 0.1) is 6.92 Å². The number of nitrogens with zero attached hydrogens (tertiary/aromatic N) is 1. The van der Waals surface area contributed by atoms with Gasteiger partial charge in [0, 0.05) is 18.8 Å². The number of hydrogen-bond donors (Lipinski definition) is 2. The molecule has 0 saturated carbocycles. The van der Waals surface area contributed by atoms with Crippen molar-refractivity contribution in [1.29, 1.82) is 0 Å². The van der Waals surface area contributed by atoms with E-state index in [0.717, 1.165) is 16.8 Å². The van der Waals surface area contributed by atoms with Crippen molar-refractivity contribution < 1.29 is 9.90 Å². The monoisotopic (exact) mass is 298 g/mol. The van der Waals surface area contributed by atoms with Crippen LogP contribution in [-0.2, 0) is 11.3 Å². The van der Waals surface area contributed by atoms with Gasteiger partial charge in [0.15, 0.2) is 0 Å². The van der Waals surface area contributed by atoms with Gasteiger partial charge in [-0.25, -0.2) is 0 Å². The minimum Gasteiger partial charge on any atom is -0.395 e. The molecule has 1 amide bonds. The van der Waals surface area contributed by atoms with Crippen molar-refractivity contribution in [2.24, 2.45) is 0 Å². The van der Waals surface area contributed by atoms with E-state index in [0.29, 0.717) is 13.1 Å². The van der Waals surface area contributed by atoms with Crippen LogP contribution < -0.4 is 5.32 Å². The SMILES string of the molecule is Cc1cccc(NC(=O)CN(CCO)Cc2ccccc2)c1. The van der Waals surface area contributed by atoms with E-state index >= 15 is 0 Å². The largest absolute Gasteiger partial charge is 0.395 e. The number of aliphatic hydroxyl groups is 1. The number of aryl methyl sites for hydroxylation is 1. The summed E-state index contributed by atoms with van der Waals surface area (Å²) in [4.78, 5) is 14.1. The molecule has 0 atom stereocenters. The Bertz CT molecular complexity index is 599. The Kier molecular flexibility index (Phi) is 6.13. The standard InChI is InChI=1S/C18H22N2O2/c1-15-6-5-9-17(12-15)19-18(22)14-20(10-11-21)13-16-7-3-2-4-8-16/h2-9,12,21H,10-11,13-14H2,1H3,(H,19,22). The van der Waals surface area contributed by atoms with E-state index in [2.05, 4.69) is 5.32 Å². The molecule has 2 aromatic rings. The van der Waals surface area contributed by atoms with Crippen LogP contribution in [0.15, 0.2) is 54.6 Å². The van der Waals surface area contributed by atoms with Crippen LogP contribution in [0.3, 0.4) is 0 Å². The van der Waals surface area contributed by atoms with E-state index in [1.165, 1.54) is 0 Å². The molecule has 0 spiro atoms. The molecule has 0 radical (unpaired) electrons. The first kappa shape index (κ1) is 16.2. The maximum Gasteiger partial charge on any atom is 0.238 e. The molecule has 2 rings (SSSR count). The maximum atomic E-state index is 12.2. The van der Waals surface area contributed by atoms with Crippen LogP contribution in [-0.4, -0.2) is 35.6 Å². The van der Waals surface area contributed by atoms with Crippen LogP contribution in [0.1, 0.15) is 11.1 Å². The molecule has 0 aliphatic rings. The second-order valence-electron chi connectivity index (χ2n) is 5.34. The van der Waals surface area contributed by atoms with Crippen molar-refractivity contribution in [3.8, 4) is 0 Å². The molecular weight excluding hydrogens is 276 g/mol. The van der Waals surface area contributed by atoms with E-state index in [1.807, 2.05) is 66.4 Å². The summed E-state index contributed by atoms with van der Waals surface area (Å²) in [5, 5.41) is 12.1. The summed E-state index contributed by atoms with van der Waals surface area (Å²) >= 11 is 0. The lowest BCUT2D eigenvalue weighted by Gasteiger charge is -2.21. The van der Waals surface area contributed by atoms with E-state index in [9.17, 15) is 9.90 Å². The minimum absolute atomic E-state index is 0.0323. The van der Waals surface area contributed by atoms with Crippen LogP contribution in [0.25, 0.3) is 0 Å². The number of amides is 1. The van der Waals surface area contributed by atoms with Gasteiger partial charge in [-0.2, -0.15) is 0 Å². The minimum atomic E-state index is -0.0741. The molecular formula is C18H22N2O2. The number of aliphatic hydroxyl groups excluding tert-OH is 1. The fourth-order valence-corrected chi connectivity index (χ4v) is 2.32. The first-order chi connectivity index (χ1) is 10.7. The predicted octanol–water partition coefficient (Wildman–Crippen LogP) is 2.43. The van der Waals surface area contributed by atoms with Crippen LogP contribution in [0.4, 0.5) is 5.69 Å². The third kappa shape index (κ3) is 5.31. The molecule has 2 N–H and O–H groups in total. The van der Waals surface area contributed by atoms with Crippen LogP contribution in [0.5, 0.6) is 0 Å². The molecule has 2 aromatic carbocycles. The van der Waals surface area contributed by atoms with E-state index in [1.54, 1.807) is 0 Å². The summed E-state index contributed by atoms with van der Waals surface area (Å²) in [6, 6.07) is 17.7. The molecule has 0 aliphatic carbocycles. The fraction of sp³-hybridized carbons (Fsp3) is 0.278. The predicted molar refractivity (Wildman–Crippen MR) is 88.6 cm³/mol. The Labute approximate surface area is 131 Å². The Morgan fingerprint density at radius 3 is 2.59 bits per heavy atom. The van der Waals surface area contributed by atoms with Gasteiger partial charge in [-0.1, -0.05) is 42.5 Å². The van der Waals surface area contributed by atoms with Crippen molar-refractivity contribution in [2.45, 2.75) is 13.5 Å². The van der Waals surface area contributed by atoms with E-state index in [4.69, 9.17) is 0 Å². The van der Waals surface area contributed by atoms with Gasteiger partial charge in [0.1, 0.15) is 0 Å². The topological polar surface area (TPSA) is 52.6 Å². The zero-order valence-electron chi connectivity index (χ0n) is 12.8. The van der Waals surface area contributed by atoms with Gasteiger partial charge < -0.3 is 10.4 Å². The quantitative estimate of drug-likeness (QED) is 0.825. The second kappa shape index (κ2) is 8.32. The first-order valence-corrected chi connectivity index (χ1v) is 7.41. The van der Waals surface area contributed by atoms with Gasteiger partial charge in [0.05, 0.1) is 13.2 Å². The van der Waals surface area contributed by atoms with Crippen molar-refractivity contribution in [1.82, 2.24) is 4.90 Å². The van der Waals surface area contributed by atoms with Crippen molar-refractivity contribution >= 4 is 11.6 Å². The van der Waals surface area contributed by atoms with E-state index < -0.39 is 0 Å². The molecule has 0 fully saturated rings. The summed E-state index contributed by atoms with van der Waals surface area (Å²) in [5.74, 6) is -0.0741. The smallest absolute Gasteiger partial charge is 0.238 e. The highest BCUT2D eigenvalue weighted by Gasteiger charge is 2.11. The normalized spacial score (nSPS) is 10.7. The number of carbonyl (C=O) groups is 1. The number of benzene rings is 2. The van der Waals surface area contributed by atoms with Gasteiger partial charge in [0.2, 0.25) is 5.91 Å². The number of rotatable bonds is 7. The summed E-state index contributed by atoms with van der Waals surface area (Å²) in [6.45, 7) is 3.38. The molecule has 0 aliphatic heterocycles. The summed E-state index contributed by atoms with van der Waals surface area (Å²) in [6.07, 6.45) is 0. The highest BCUT2D eigenvalue weighted by molar-refractivity contribution is 5.92. The Balaban J connectivity index is 1.93. The molecule has 4 heteroatoms. The second-order valence-corrected chi connectivity index (χ2v) is 5.34. The first-order valence-electron chi connectivity index (χ1n) is 7.41. The number of carbonyl (C=O) groups excluding carboxylic acids is 1. The number of nitrogens with one attached hydrogen (secondary N) is 1. The fourth-order valence-electron chi connectivity index (χ4n) is 2.32. The van der Waals surface area contributed by atoms with Gasteiger partial charge in [-0.15, -0.1) is 0 Å². The molecule has 116 valence electrons. The van der Waals surface area contributed by atoms with Crippen LogP contribution in [0.2, 0.25) is 0 Å². The molecule has 4 nitrogen and oxygen atoms in total. The molecule has 0 saturated heterocycles. The summed E-state index contributed by atoms with van der Waals surface area (Å²) in [5.41, 5.74) is 3.03. The van der Waals surface area contributed by atoms with Crippen molar-refractivity contribution in [3.63, 3.8) is 0 Å². The number of anilines is 1. The molecule has 0 bridgehead atoms. The lowest BCUT2D eigenvalue weighted by atomic mass is 10.2. The average Bonchev–Trinajstić information content (AvgIpc) is 2.48. The summed E-state index contributed by atoms with van der Waals surface area (Å²) in [7, 11) is 0. The van der Waals surface area contributed by atoms with Gasteiger partial charge >= 0.3 is 0 Å². The molecule has 0 heterocycles. The highest BCUT2D eigenvalue weighted by atomic mass is 16.3. The zero-order chi connectivity index (χ0) is 15.8. The lowest BCUT2D eigenvalue weighted by molar-refractivity contribution is -0.117. The zero-order valence-corrected chi connectivity index (χ0v) is 12.8. The summed E-state index contributed by atoms with van der Waals surface area (Å²) < 4.78 is 0.